The number of hydrogen-bond acceptors (Lipinski definition) is 1. The summed E-state index contributed by atoms with van der Waals surface area (Å²) in [6.07, 6.45) is 1.75. The molecule has 0 aliphatic rings. The number of aryl methyl sites for hydroxylation is 2. The molecule has 1 atom stereocenters. The van der Waals surface area contributed by atoms with E-state index in [1.165, 1.54) is 16.7 Å². The first-order chi connectivity index (χ1) is 7.00. The van der Waals surface area contributed by atoms with Gasteiger partial charge in [-0.1, -0.05) is 25.1 Å². The topological polar surface area (TPSA) is 23.8 Å². The van der Waals surface area contributed by atoms with E-state index >= 15 is 0 Å². The molecule has 0 heterocycles. The third-order valence-electron chi connectivity index (χ3n) is 3.22. The molecule has 0 amide bonds. The van der Waals surface area contributed by atoms with Gasteiger partial charge in [-0.15, -0.1) is 0 Å². The highest BCUT2D eigenvalue weighted by atomic mass is 14.3. The second-order valence-corrected chi connectivity index (χ2v) is 4.62. The van der Waals surface area contributed by atoms with Crippen molar-refractivity contribution < 1.29 is 0 Å². The van der Waals surface area contributed by atoms with E-state index in [0.29, 0.717) is 0 Å². The second kappa shape index (κ2) is 4.49. The molecule has 0 radical (unpaired) electrons. The van der Waals surface area contributed by atoms with Crippen molar-refractivity contribution in [3.8, 4) is 6.07 Å². The van der Waals surface area contributed by atoms with Crippen LogP contribution in [0.25, 0.3) is 0 Å². The van der Waals surface area contributed by atoms with Gasteiger partial charge >= 0.3 is 0 Å². The SMILES string of the molecule is CCC(C)(C#N)Cc1ccc(C)c(C)c1. The zero-order valence-corrected chi connectivity index (χ0v) is 10.1. The zero-order chi connectivity index (χ0) is 11.5. The molecule has 0 aliphatic heterocycles. The molecule has 0 aliphatic carbocycles. The fraction of sp³-hybridized carbons (Fsp3) is 0.500. The van der Waals surface area contributed by atoms with Crippen molar-refractivity contribution in [2.45, 2.75) is 40.5 Å². The highest BCUT2D eigenvalue weighted by Gasteiger charge is 2.21. The van der Waals surface area contributed by atoms with Crippen molar-refractivity contribution in [2.24, 2.45) is 5.41 Å². The maximum Gasteiger partial charge on any atom is 0.0690 e. The quantitative estimate of drug-likeness (QED) is 0.730. The second-order valence-electron chi connectivity index (χ2n) is 4.62. The summed E-state index contributed by atoms with van der Waals surface area (Å²) in [5.41, 5.74) is 3.67. The summed E-state index contributed by atoms with van der Waals surface area (Å²) in [7, 11) is 0. The molecule has 0 saturated heterocycles. The van der Waals surface area contributed by atoms with Crippen LogP contribution < -0.4 is 0 Å². The Bertz CT molecular complexity index is 387. The molecule has 1 aromatic rings. The lowest BCUT2D eigenvalue weighted by Gasteiger charge is -2.19. The van der Waals surface area contributed by atoms with Crippen LogP contribution in [0.2, 0.25) is 0 Å². The van der Waals surface area contributed by atoms with Crippen LogP contribution in [0.1, 0.15) is 37.0 Å². The highest BCUT2D eigenvalue weighted by Crippen LogP contribution is 2.26. The Kier molecular flexibility index (Phi) is 3.52. The molecule has 0 aromatic heterocycles. The maximum absolute atomic E-state index is 9.12. The Labute approximate surface area is 92.7 Å². The highest BCUT2D eigenvalue weighted by molar-refractivity contribution is 5.31. The summed E-state index contributed by atoms with van der Waals surface area (Å²) in [6.45, 7) is 8.34. The van der Waals surface area contributed by atoms with E-state index in [0.717, 1.165) is 12.8 Å². The summed E-state index contributed by atoms with van der Waals surface area (Å²) in [6, 6.07) is 8.88. The molecule has 0 N–H and O–H groups in total. The molecule has 1 aromatic carbocycles. The van der Waals surface area contributed by atoms with Gasteiger partial charge in [0.2, 0.25) is 0 Å². The van der Waals surface area contributed by atoms with Gasteiger partial charge in [0.05, 0.1) is 11.5 Å². The first-order valence-electron chi connectivity index (χ1n) is 5.48. The van der Waals surface area contributed by atoms with E-state index < -0.39 is 0 Å². The van der Waals surface area contributed by atoms with E-state index in [1.807, 2.05) is 6.92 Å². The lowest BCUT2D eigenvalue weighted by molar-refractivity contribution is 0.423. The Morgan fingerprint density at radius 1 is 1.27 bits per heavy atom. The first-order valence-corrected chi connectivity index (χ1v) is 5.48. The molecule has 0 bridgehead atoms. The predicted octanol–water partition coefficient (Wildman–Crippen LogP) is 3.79. The summed E-state index contributed by atoms with van der Waals surface area (Å²) >= 11 is 0. The van der Waals surface area contributed by atoms with Crippen molar-refractivity contribution in [1.82, 2.24) is 0 Å². The van der Waals surface area contributed by atoms with Gasteiger partial charge in [-0.25, -0.2) is 0 Å². The smallest absolute Gasteiger partial charge is 0.0690 e. The van der Waals surface area contributed by atoms with Crippen LogP contribution in [0.3, 0.4) is 0 Å². The molecule has 1 nitrogen and oxygen atoms in total. The van der Waals surface area contributed by atoms with Crippen LogP contribution in [0, 0.1) is 30.6 Å². The average Bonchev–Trinajstić information content (AvgIpc) is 2.23. The van der Waals surface area contributed by atoms with Crippen molar-refractivity contribution in [3.63, 3.8) is 0 Å². The van der Waals surface area contributed by atoms with E-state index in [-0.39, 0.29) is 5.41 Å². The van der Waals surface area contributed by atoms with E-state index in [4.69, 9.17) is 5.26 Å². The van der Waals surface area contributed by atoms with E-state index in [9.17, 15) is 0 Å². The average molecular weight is 201 g/mol. The van der Waals surface area contributed by atoms with Gasteiger partial charge in [-0.3, -0.25) is 0 Å². The van der Waals surface area contributed by atoms with Crippen LogP contribution >= 0.6 is 0 Å². The largest absolute Gasteiger partial charge is 0.198 e. The molecule has 1 rings (SSSR count). The molecule has 0 fully saturated rings. The Morgan fingerprint density at radius 3 is 2.40 bits per heavy atom. The number of rotatable bonds is 3. The van der Waals surface area contributed by atoms with Gasteiger partial charge < -0.3 is 0 Å². The van der Waals surface area contributed by atoms with E-state index in [1.54, 1.807) is 0 Å². The van der Waals surface area contributed by atoms with Gasteiger partial charge in [0, 0.05) is 0 Å². The van der Waals surface area contributed by atoms with Gasteiger partial charge in [0.1, 0.15) is 0 Å². The summed E-state index contributed by atoms with van der Waals surface area (Å²) in [5.74, 6) is 0. The van der Waals surface area contributed by atoms with Crippen molar-refractivity contribution in [1.29, 1.82) is 5.26 Å². The number of hydrogen-bond donors (Lipinski definition) is 0. The number of nitriles is 1. The van der Waals surface area contributed by atoms with Gasteiger partial charge in [-0.2, -0.15) is 5.26 Å². The molecule has 1 unspecified atom stereocenters. The van der Waals surface area contributed by atoms with E-state index in [2.05, 4.69) is 45.0 Å². The summed E-state index contributed by atoms with van der Waals surface area (Å²) in [5, 5.41) is 9.12. The number of nitrogens with zero attached hydrogens (tertiary/aromatic N) is 1. The predicted molar refractivity (Wildman–Crippen MR) is 63.6 cm³/mol. The maximum atomic E-state index is 9.12. The molecule has 0 spiro atoms. The monoisotopic (exact) mass is 201 g/mol. The zero-order valence-electron chi connectivity index (χ0n) is 10.1. The fourth-order valence-corrected chi connectivity index (χ4v) is 1.61. The third kappa shape index (κ3) is 2.83. The third-order valence-corrected chi connectivity index (χ3v) is 3.22. The van der Waals surface area contributed by atoms with Crippen LogP contribution in [-0.4, -0.2) is 0 Å². The Morgan fingerprint density at radius 2 is 1.93 bits per heavy atom. The standard InChI is InChI=1S/C14H19N/c1-5-14(4,10-15)9-13-7-6-11(2)12(3)8-13/h6-8H,5,9H2,1-4H3. The van der Waals surface area contributed by atoms with Crippen LogP contribution in [-0.2, 0) is 6.42 Å². The lowest BCUT2D eigenvalue weighted by atomic mass is 9.82. The van der Waals surface area contributed by atoms with Crippen LogP contribution in [0.5, 0.6) is 0 Å². The van der Waals surface area contributed by atoms with Crippen LogP contribution in [0.15, 0.2) is 18.2 Å². The molecule has 0 saturated carbocycles. The lowest BCUT2D eigenvalue weighted by Crippen LogP contribution is -2.15. The van der Waals surface area contributed by atoms with Crippen molar-refractivity contribution in [2.75, 3.05) is 0 Å². The Hall–Kier alpha value is -1.29. The molecule has 15 heavy (non-hydrogen) atoms. The molecular weight excluding hydrogens is 182 g/mol. The van der Waals surface area contributed by atoms with Crippen molar-refractivity contribution >= 4 is 0 Å². The Balaban J connectivity index is 2.91. The molecule has 80 valence electrons. The number of benzene rings is 1. The minimum atomic E-state index is -0.221. The first kappa shape index (κ1) is 11.8. The summed E-state index contributed by atoms with van der Waals surface area (Å²) < 4.78 is 0. The van der Waals surface area contributed by atoms with Crippen molar-refractivity contribution in [3.05, 3.63) is 34.9 Å². The van der Waals surface area contributed by atoms with Gasteiger partial charge in [0.15, 0.2) is 0 Å². The molecule has 1 heteroatoms. The normalized spacial score (nSPS) is 14.3. The minimum absolute atomic E-state index is 0.221. The molecular formula is C14H19N. The minimum Gasteiger partial charge on any atom is -0.198 e. The van der Waals surface area contributed by atoms with Crippen LogP contribution in [0.4, 0.5) is 0 Å². The van der Waals surface area contributed by atoms with Gasteiger partial charge in [0.25, 0.3) is 0 Å². The van der Waals surface area contributed by atoms with Gasteiger partial charge in [-0.05, 0) is 50.3 Å². The fourth-order valence-electron chi connectivity index (χ4n) is 1.61. The summed E-state index contributed by atoms with van der Waals surface area (Å²) in [4.78, 5) is 0.